The van der Waals surface area contributed by atoms with Gasteiger partial charge in [-0.25, -0.2) is 4.98 Å². The number of carbonyl (C=O) groups excluding carboxylic acids is 2. The van der Waals surface area contributed by atoms with Gasteiger partial charge >= 0.3 is 0 Å². The van der Waals surface area contributed by atoms with Crippen molar-refractivity contribution in [3.63, 3.8) is 0 Å². The Hall–Kier alpha value is -3.22. The van der Waals surface area contributed by atoms with Gasteiger partial charge in [-0.2, -0.15) is 0 Å². The lowest BCUT2D eigenvalue weighted by atomic mass is 10.0. The van der Waals surface area contributed by atoms with Gasteiger partial charge in [0.25, 0.3) is 11.6 Å². The highest BCUT2D eigenvalue weighted by atomic mass is 16.5. The summed E-state index contributed by atoms with van der Waals surface area (Å²) in [7, 11) is 0. The third-order valence-corrected chi connectivity index (χ3v) is 5.41. The topological polar surface area (TPSA) is 97.1 Å². The minimum atomic E-state index is -0.249. The van der Waals surface area contributed by atoms with Crippen LogP contribution in [0.1, 0.15) is 61.5 Å². The summed E-state index contributed by atoms with van der Waals surface area (Å²) in [6, 6.07) is 11.6. The van der Waals surface area contributed by atoms with Crippen LogP contribution in [-0.4, -0.2) is 34.5 Å². The fourth-order valence-corrected chi connectivity index (χ4v) is 3.36. The predicted octanol–water partition coefficient (Wildman–Crippen LogP) is 3.80. The molecule has 1 aromatic carbocycles. The van der Waals surface area contributed by atoms with Crippen molar-refractivity contribution in [2.75, 3.05) is 6.54 Å². The zero-order chi connectivity index (χ0) is 21.1. The average Bonchev–Trinajstić information content (AvgIpc) is 3.52. The van der Waals surface area contributed by atoms with Gasteiger partial charge in [-0.05, 0) is 32.3 Å². The minimum Gasteiger partial charge on any atom is -0.354 e. The van der Waals surface area contributed by atoms with E-state index < -0.39 is 0 Å². The molecule has 1 atom stereocenters. The first-order valence-corrected chi connectivity index (χ1v) is 10.5. The second-order valence-electron chi connectivity index (χ2n) is 7.83. The molecule has 4 rings (SSSR count). The van der Waals surface area contributed by atoms with Crippen molar-refractivity contribution in [2.45, 2.75) is 51.5 Å². The molecule has 2 amide bonds. The van der Waals surface area contributed by atoms with Crippen molar-refractivity contribution in [2.24, 2.45) is 0 Å². The first-order chi connectivity index (χ1) is 14.6. The van der Waals surface area contributed by atoms with Crippen LogP contribution in [0.2, 0.25) is 0 Å². The lowest BCUT2D eigenvalue weighted by Gasteiger charge is -2.12. The molecule has 0 bridgehead atoms. The summed E-state index contributed by atoms with van der Waals surface area (Å²) in [5.41, 5.74) is 3.18. The van der Waals surface area contributed by atoms with E-state index in [1.54, 1.807) is 0 Å². The maximum absolute atomic E-state index is 13.1. The van der Waals surface area contributed by atoms with Crippen LogP contribution in [0.25, 0.3) is 22.4 Å². The number of nitrogens with one attached hydrogen (secondary N) is 2. The molecule has 7 heteroatoms. The molecule has 1 unspecified atom stereocenters. The second kappa shape index (κ2) is 8.65. The third-order valence-electron chi connectivity index (χ3n) is 5.41. The van der Waals surface area contributed by atoms with Crippen LogP contribution in [0.3, 0.4) is 0 Å². The fourth-order valence-electron chi connectivity index (χ4n) is 3.36. The summed E-state index contributed by atoms with van der Waals surface area (Å²) in [5.74, 6) is 0.0479. The van der Waals surface area contributed by atoms with E-state index in [4.69, 9.17) is 4.52 Å². The summed E-state index contributed by atoms with van der Waals surface area (Å²) >= 11 is 0. The van der Waals surface area contributed by atoms with Crippen LogP contribution in [-0.2, 0) is 4.79 Å². The Morgan fingerprint density at radius 1 is 1.23 bits per heavy atom. The van der Waals surface area contributed by atoms with Gasteiger partial charge in [-0.15, -0.1) is 0 Å². The largest absolute Gasteiger partial charge is 0.354 e. The summed E-state index contributed by atoms with van der Waals surface area (Å²) in [6.45, 7) is 4.23. The molecule has 0 aliphatic heterocycles. The van der Waals surface area contributed by atoms with Crippen molar-refractivity contribution in [1.29, 1.82) is 0 Å². The highest BCUT2D eigenvalue weighted by Gasteiger charge is 2.29. The predicted molar refractivity (Wildman–Crippen MR) is 114 cm³/mol. The van der Waals surface area contributed by atoms with E-state index in [1.807, 2.05) is 50.2 Å². The Labute approximate surface area is 175 Å². The Morgan fingerprint density at radius 3 is 2.70 bits per heavy atom. The summed E-state index contributed by atoms with van der Waals surface area (Å²) in [6.07, 6.45) is 3.23. The van der Waals surface area contributed by atoms with Gasteiger partial charge < -0.3 is 15.2 Å². The zero-order valence-electron chi connectivity index (χ0n) is 17.3. The number of pyridine rings is 1. The van der Waals surface area contributed by atoms with E-state index in [-0.39, 0.29) is 30.8 Å². The van der Waals surface area contributed by atoms with E-state index in [1.165, 1.54) is 0 Å². The molecule has 2 heterocycles. The Balaban J connectivity index is 1.59. The number of nitrogens with zero attached hydrogens (tertiary/aromatic N) is 2. The van der Waals surface area contributed by atoms with Gasteiger partial charge in [0.05, 0.1) is 10.9 Å². The Morgan fingerprint density at radius 2 is 2.00 bits per heavy atom. The molecule has 0 saturated heterocycles. The molecule has 2 N–H and O–H groups in total. The zero-order valence-corrected chi connectivity index (χ0v) is 17.3. The van der Waals surface area contributed by atoms with E-state index in [9.17, 15) is 9.59 Å². The Kier molecular flexibility index (Phi) is 5.79. The van der Waals surface area contributed by atoms with Gasteiger partial charge in [0.15, 0.2) is 0 Å². The molecule has 3 aromatic rings. The molecule has 30 heavy (non-hydrogen) atoms. The molecule has 0 radical (unpaired) electrons. The first kappa shape index (κ1) is 20.1. The van der Waals surface area contributed by atoms with E-state index in [0.717, 1.165) is 30.5 Å². The minimum absolute atomic E-state index is 0.0712. The van der Waals surface area contributed by atoms with Gasteiger partial charge in [0.1, 0.15) is 5.69 Å². The number of rotatable bonds is 8. The van der Waals surface area contributed by atoms with Crippen LogP contribution in [0.4, 0.5) is 0 Å². The average molecular weight is 406 g/mol. The van der Waals surface area contributed by atoms with Crippen LogP contribution >= 0.6 is 0 Å². The van der Waals surface area contributed by atoms with Gasteiger partial charge in [-0.3, -0.25) is 9.59 Å². The maximum atomic E-state index is 13.1. The molecular formula is C23H26N4O3. The number of hydrogen-bond donors (Lipinski definition) is 2. The number of fused-ring (bicyclic) bond motifs is 1. The molecular weight excluding hydrogens is 380 g/mol. The fraction of sp³-hybridized carbons (Fsp3) is 0.391. The summed E-state index contributed by atoms with van der Waals surface area (Å²) in [4.78, 5) is 29.7. The molecule has 1 aliphatic rings. The standard InChI is InChI=1S/C23H26N4O3/c1-3-14(2)25-19(28)11-12-24-22(29)17-13-18(15-9-10-15)26-23-20(17)21(27-30-23)16-7-5-4-6-8-16/h4-8,13-15H,3,9-12H2,1-2H3,(H,24,29)(H,25,28). The van der Waals surface area contributed by atoms with Gasteiger partial charge in [0.2, 0.25) is 5.91 Å². The number of carbonyl (C=O) groups is 2. The van der Waals surface area contributed by atoms with E-state index >= 15 is 0 Å². The lowest BCUT2D eigenvalue weighted by Crippen LogP contribution is -2.35. The van der Waals surface area contributed by atoms with Crippen molar-refractivity contribution in [3.05, 3.63) is 47.7 Å². The Bertz CT molecular complexity index is 1060. The number of amides is 2. The highest BCUT2D eigenvalue weighted by molar-refractivity contribution is 6.09. The van der Waals surface area contributed by atoms with E-state index in [2.05, 4.69) is 20.8 Å². The van der Waals surface area contributed by atoms with Crippen LogP contribution < -0.4 is 10.6 Å². The summed E-state index contributed by atoms with van der Waals surface area (Å²) < 4.78 is 5.51. The molecule has 2 aromatic heterocycles. The van der Waals surface area contributed by atoms with Crippen LogP contribution in [0.5, 0.6) is 0 Å². The quantitative estimate of drug-likeness (QED) is 0.593. The molecule has 1 fully saturated rings. The van der Waals surface area contributed by atoms with Gasteiger partial charge in [0, 0.05) is 36.2 Å². The van der Waals surface area contributed by atoms with Gasteiger partial charge in [-0.1, -0.05) is 42.4 Å². The highest BCUT2D eigenvalue weighted by Crippen LogP contribution is 2.41. The second-order valence-corrected chi connectivity index (χ2v) is 7.83. The number of aromatic nitrogens is 2. The van der Waals surface area contributed by atoms with Crippen molar-refractivity contribution in [1.82, 2.24) is 20.8 Å². The van der Waals surface area contributed by atoms with Crippen molar-refractivity contribution < 1.29 is 14.1 Å². The van der Waals surface area contributed by atoms with Crippen molar-refractivity contribution in [3.8, 4) is 11.3 Å². The van der Waals surface area contributed by atoms with E-state index in [0.29, 0.717) is 28.3 Å². The summed E-state index contributed by atoms with van der Waals surface area (Å²) in [5, 5.41) is 10.6. The third kappa shape index (κ3) is 4.35. The number of hydrogen-bond acceptors (Lipinski definition) is 5. The van der Waals surface area contributed by atoms with Crippen LogP contribution in [0, 0.1) is 0 Å². The lowest BCUT2D eigenvalue weighted by molar-refractivity contribution is -0.121. The molecule has 156 valence electrons. The smallest absolute Gasteiger partial charge is 0.259 e. The monoisotopic (exact) mass is 406 g/mol. The first-order valence-electron chi connectivity index (χ1n) is 10.5. The number of benzene rings is 1. The molecule has 1 saturated carbocycles. The normalized spacial score (nSPS) is 14.5. The van der Waals surface area contributed by atoms with Crippen molar-refractivity contribution >= 4 is 22.9 Å². The van der Waals surface area contributed by atoms with Crippen LogP contribution in [0.15, 0.2) is 40.9 Å². The molecule has 7 nitrogen and oxygen atoms in total. The maximum Gasteiger partial charge on any atom is 0.259 e. The molecule has 1 aliphatic carbocycles. The molecule has 0 spiro atoms. The SMILES string of the molecule is CCC(C)NC(=O)CCNC(=O)c1cc(C2CC2)nc2onc(-c3ccccc3)c12.